The van der Waals surface area contributed by atoms with Crippen molar-refractivity contribution in [3.8, 4) is 11.3 Å². The average Bonchev–Trinajstić information content (AvgIpc) is 2.81. The van der Waals surface area contributed by atoms with Crippen LogP contribution >= 0.6 is 11.6 Å². The Morgan fingerprint density at radius 3 is 2.45 bits per heavy atom. The number of halogens is 1. The van der Waals surface area contributed by atoms with E-state index in [1.165, 1.54) is 0 Å². The third-order valence-corrected chi connectivity index (χ3v) is 4.28. The van der Waals surface area contributed by atoms with Crippen LogP contribution in [0.1, 0.15) is 44.5 Å². The van der Waals surface area contributed by atoms with Crippen molar-refractivity contribution >= 4 is 17.3 Å². The summed E-state index contributed by atoms with van der Waals surface area (Å²) in [5.74, 6) is 0. The topological polar surface area (TPSA) is 58.9 Å². The van der Waals surface area contributed by atoms with Crippen molar-refractivity contribution in [2.75, 3.05) is 0 Å². The van der Waals surface area contributed by atoms with Gasteiger partial charge in [0.15, 0.2) is 0 Å². The number of H-pyrrole nitrogens is 1. The molecule has 1 N–H and O–H groups in total. The summed E-state index contributed by atoms with van der Waals surface area (Å²) in [4.78, 5) is 14.7. The smallest absolute Gasteiger partial charge is 0.298 e. The van der Waals surface area contributed by atoms with Crippen LogP contribution in [0.2, 0.25) is 5.02 Å². The second-order valence-corrected chi connectivity index (χ2v) is 6.88. The zero-order valence-corrected chi connectivity index (χ0v) is 14.3. The van der Waals surface area contributed by atoms with Crippen LogP contribution < -0.4 is 0 Å². The SMILES string of the molecule is CCc1[nH]c(-c2cccc(Cl)c2C)c([N+](=O)[O-])c1C(C)(C)C. The minimum absolute atomic E-state index is 0.162. The van der Waals surface area contributed by atoms with Gasteiger partial charge >= 0.3 is 0 Å². The summed E-state index contributed by atoms with van der Waals surface area (Å²) in [6, 6.07) is 5.48. The van der Waals surface area contributed by atoms with Crippen LogP contribution in [0.25, 0.3) is 11.3 Å². The Hall–Kier alpha value is -1.81. The van der Waals surface area contributed by atoms with Gasteiger partial charge in [-0.2, -0.15) is 0 Å². The van der Waals surface area contributed by atoms with E-state index >= 15 is 0 Å². The van der Waals surface area contributed by atoms with Gasteiger partial charge in [0.05, 0.1) is 10.5 Å². The van der Waals surface area contributed by atoms with E-state index in [0.717, 1.165) is 22.4 Å². The molecule has 0 radical (unpaired) electrons. The number of nitro groups is 1. The average molecular weight is 321 g/mol. The zero-order valence-electron chi connectivity index (χ0n) is 13.6. The normalized spacial score (nSPS) is 11.7. The number of aryl methyl sites for hydroxylation is 1. The Morgan fingerprint density at radius 1 is 1.32 bits per heavy atom. The molecule has 22 heavy (non-hydrogen) atoms. The molecule has 2 rings (SSSR count). The minimum atomic E-state index is -0.311. The molecule has 5 heteroatoms. The van der Waals surface area contributed by atoms with E-state index in [-0.39, 0.29) is 16.0 Å². The maximum Gasteiger partial charge on any atom is 0.298 e. The molecule has 0 saturated carbocycles. The third kappa shape index (κ3) is 2.75. The molecule has 0 saturated heterocycles. The van der Waals surface area contributed by atoms with Gasteiger partial charge in [0.2, 0.25) is 0 Å². The molecule has 0 aliphatic heterocycles. The Morgan fingerprint density at radius 2 is 1.95 bits per heavy atom. The second-order valence-electron chi connectivity index (χ2n) is 6.48. The number of rotatable bonds is 3. The lowest BCUT2D eigenvalue weighted by molar-refractivity contribution is -0.385. The van der Waals surface area contributed by atoms with E-state index in [4.69, 9.17) is 11.6 Å². The van der Waals surface area contributed by atoms with Crippen LogP contribution in [0.15, 0.2) is 18.2 Å². The van der Waals surface area contributed by atoms with E-state index < -0.39 is 0 Å². The van der Waals surface area contributed by atoms with Crippen LogP contribution in [-0.2, 0) is 11.8 Å². The fourth-order valence-corrected chi connectivity index (χ4v) is 3.04. The number of nitrogens with zero attached hydrogens (tertiary/aromatic N) is 1. The molecule has 1 aromatic heterocycles. The van der Waals surface area contributed by atoms with E-state index in [1.54, 1.807) is 6.07 Å². The van der Waals surface area contributed by atoms with E-state index in [2.05, 4.69) is 4.98 Å². The lowest BCUT2D eigenvalue weighted by atomic mass is 9.84. The zero-order chi connectivity index (χ0) is 16.7. The first-order chi connectivity index (χ1) is 10.2. The molecule has 118 valence electrons. The summed E-state index contributed by atoms with van der Waals surface area (Å²) in [5, 5.41) is 12.3. The summed E-state index contributed by atoms with van der Waals surface area (Å²) in [6.45, 7) is 9.87. The van der Waals surface area contributed by atoms with Gasteiger partial charge in [-0.05, 0) is 30.4 Å². The molecule has 0 spiro atoms. The predicted octanol–water partition coefficient (Wildman–Crippen LogP) is 5.41. The highest BCUT2D eigenvalue weighted by Gasteiger charge is 2.34. The molecular formula is C17H21ClN2O2. The number of benzene rings is 1. The maximum atomic E-state index is 11.7. The van der Waals surface area contributed by atoms with Crippen LogP contribution in [-0.4, -0.2) is 9.91 Å². The Bertz CT molecular complexity index is 727. The van der Waals surface area contributed by atoms with Crippen molar-refractivity contribution in [2.24, 2.45) is 0 Å². The third-order valence-electron chi connectivity index (χ3n) is 3.87. The lowest BCUT2D eigenvalue weighted by Crippen LogP contribution is -2.14. The quantitative estimate of drug-likeness (QED) is 0.607. The van der Waals surface area contributed by atoms with E-state index in [0.29, 0.717) is 17.1 Å². The summed E-state index contributed by atoms with van der Waals surface area (Å²) in [7, 11) is 0. The number of aromatic nitrogens is 1. The highest BCUT2D eigenvalue weighted by Crippen LogP contribution is 2.43. The van der Waals surface area contributed by atoms with E-state index in [9.17, 15) is 10.1 Å². The first-order valence-corrected chi connectivity index (χ1v) is 7.71. The summed E-state index contributed by atoms with van der Waals surface area (Å²) in [5.41, 5.74) is 3.71. The Labute approximate surface area is 135 Å². The summed E-state index contributed by atoms with van der Waals surface area (Å²) in [6.07, 6.45) is 0.715. The molecule has 2 aromatic rings. The highest BCUT2D eigenvalue weighted by atomic mass is 35.5. The van der Waals surface area contributed by atoms with Crippen LogP contribution in [0.4, 0.5) is 5.69 Å². The van der Waals surface area contributed by atoms with Gasteiger partial charge < -0.3 is 4.98 Å². The van der Waals surface area contributed by atoms with Crippen LogP contribution in [0, 0.1) is 17.0 Å². The molecule has 0 atom stereocenters. The molecule has 0 fully saturated rings. The molecule has 0 amide bonds. The molecule has 0 aliphatic carbocycles. The minimum Gasteiger partial charge on any atom is -0.352 e. The molecule has 0 bridgehead atoms. The van der Waals surface area contributed by atoms with Gasteiger partial charge in [-0.1, -0.05) is 51.4 Å². The molecular weight excluding hydrogens is 300 g/mol. The molecule has 0 aliphatic rings. The molecule has 0 unspecified atom stereocenters. The van der Waals surface area contributed by atoms with Crippen molar-refractivity contribution in [1.82, 2.24) is 4.98 Å². The van der Waals surface area contributed by atoms with Crippen LogP contribution in [0.3, 0.4) is 0 Å². The molecule has 1 aromatic carbocycles. The number of hydrogen-bond acceptors (Lipinski definition) is 2. The lowest BCUT2D eigenvalue weighted by Gasteiger charge is -2.18. The fraction of sp³-hybridized carbons (Fsp3) is 0.412. The number of hydrogen-bond donors (Lipinski definition) is 1. The van der Waals surface area contributed by atoms with Gasteiger partial charge in [0, 0.05) is 16.3 Å². The number of nitrogens with one attached hydrogen (secondary N) is 1. The van der Waals surface area contributed by atoms with Gasteiger partial charge in [0.25, 0.3) is 5.69 Å². The first-order valence-electron chi connectivity index (χ1n) is 7.33. The van der Waals surface area contributed by atoms with Crippen molar-refractivity contribution in [3.05, 3.63) is 50.2 Å². The maximum absolute atomic E-state index is 11.7. The van der Waals surface area contributed by atoms with Crippen molar-refractivity contribution < 1.29 is 4.92 Å². The Kier molecular flexibility index (Phi) is 4.34. The first kappa shape index (κ1) is 16.6. The van der Waals surface area contributed by atoms with Crippen LogP contribution in [0.5, 0.6) is 0 Å². The van der Waals surface area contributed by atoms with Crippen molar-refractivity contribution in [2.45, 2.75) is 46.5 Å². The van der Waals surface area contributed by atoms with Gasteiger partial charge in [0.1, 0.15) is 5.69 Å². The van der Waals surface area contributed by atoms with Crippen molar-refractivity contribution in [1.29, 1.82) is 0 Å². The molecule has 4 nitrogen and oxygen atoms in total. The van der Waals surface area contributed by atoms with Gasteiger partial charge in [-0.25, -0.2) is 0 Å². The standard InChI is InChI=1S/C17H21ClN2O2/c1-6-13-14(17(3,4)5)16(20(21)22)15(19-13)11-8-7-9-12(18)10(11)2/h7-9,19H,6H2,1-5H3. The highest BCUT2D eigenvalue weighted by molar-refractivity contribution is 6.31. The largest absolute Gasteiger partial charge is 0.352 e. The predicted molar refractivity (Wildman–Crippen MR) is 90.7 cm³/mol. The van der Waals surface area contributed by atoms with Crippen molar-refractivity contribution in [3.63, 3.8) is 0 Å². The van der Waals surface area contributed by atoms with Gasteiger partial charge in [-0.3, -0.25) is 10.1 Å². The Balaban J connectivity index is 2.85. The monoisotopic (exact) mass is 320 g/mol. The van der Waals surface area contributed by atoms with Gasteiger partial charge in [-0.15, -0.1) is 0 Å². The fourth-order valence-electron chi connectivity index (χ4n) is 2.87. The van der Waals surface area contributed by atoms with E-state index in [1.807, 2.05) is 46.8 Å². The summed E-state index contributed by atoms with van der Waals surface area (Å²) >= 11 is 6.18. The molecule has 1 heterocycles. The second kappa shape index (κ2) is 5.76. The number of aromatic amines is 1. The summed E-state index contributed by atoms with van der Waals surface area (Å²) < 4.78 is 0.